The molecular weight excluding hydrogens is 292 g/mol. The Labute approximate surface area is 136 Å². The van der Waals surface area contributed by atoms with Gasteiger partial charge in [-0.1, -0.05) is 30.3 Å². The maximum atomic E-state index is 12.1. The van der Waals surface area contributed by atoms with Crippen LogP contribution < -0.4 is 5.32 Å². The fourth-order valence-corrected chi connectivity index (χ4v) is 3.35. The van der Waals surface area contributed by atoms with E-state index in [0.717, 1.165) is 25.1 Å². The fourth-order valence-electron chi connectivity index (χ4n) is 3.35. The summed E-state index contributed by atoms with van der Waals surface area (Å²) in [6, 6.07) is 10.4. The number of nitrogens with zero attached hydrogens (tertiary/aromatic N) is 1. The number of aliphatic hydroxyl groups is 1. The number of carbonyl (C=O) groups is 1. The topological polar surface area (TPSA) is 61.8 Å². The van der Waals surface area contributed by atoms with Crippen LogP contribution >= 0.6 is 0 Å². The lowest BCUT2D eigenvalue weighted by atomic mass is 10.1. The number of benzene rings is 1. The molecular formula is C18H24N2O3. The lowest BCUT2D eigenvalue weighted by molar-refractivity contribution is -0.117. The molecule has 2 N–H and O–H groups in total. The third-order valence-corrected chi connectivity index (χ3v) is 4.51. The first-order valence-corrected chi connectivity index (χ1v) is 8.24. The van der Waals surface area contributed by atoms with E-state index in [9.17, 15) is 4.79 Å². The maximum absolute atomic E-state index is 12.1. The molecule has 0 aromatic heterocycles. The van der Waals surface area contributed by atoms with E-state index in [2.05, 4.69) is 10.2 Å². The van der Waals surface area contributed by atoms with Gasteiger partial charge in [-0.05, 0) is 24.5 Å². The Morgan fingerprint density at radius 1 is 1.35 bits per heavy atom. The molecule has 0 saturated carbocycles. The molecule has 2 saturated heterocycles. The minimum Gasteiger partial charge on any atom is -0.396 e. The van der Waals surface area contributed by atoms with Crippen molar-refractivity contribution in [2.75, 3.05) is 26.3 Å². The highest BCUT2D eigenvalue weighted by Crippen LogP contribution is 2.24. The molecule has 2 fully saturated rings. The first-order chi connectivity index (χ1) is 11.2. The van der Waals surface area contributed by atoms with E-state index >= 15 is 0 Å². The summed E-state index contributed by atoms with van der Waals surface area (Å²) in [5.74, 6) is -0.0495. The van der Waals surface area contributed by atoms with Gasteiger partial charge in [0.25, 0.3) is 0 Å². The monoisotopic (exact) mass is 316 g/mol. The quantitative estimate of drug-likeness (QED) is 0.797. The van der Waals surface area contributed by atoms with Crippen molar-refractivity contribution in [1.29, 1.82) is 0 Å². The molecule has 0 radical (unpaired) electrons. The van der Waals surface area contributed by atoms with Gasteiger partial charge in [0.05, 0.1) is 12.7 Å². The first-order valence-electron chi connectivity index (χ1n) is 8.24. The Bertz CT molecular complexity index is 546. The molecule has 0 bridgehead atoms. The van der Waals surface area contributed by atoms with Gasteiger partial charge >= 0.3 is 0 Å². The van der Waals surface area contributed by atoms with Crippen LogP contribution in [0, 0.1) is 0 Å². The van der Waals surface area contributed by atoms with Crippen molar-refractivity contribution in [3.8, 4) is 0 Å². The fraction of sp³-hybridized carbons (Fsp3) is 0.500. The maximum Gasteiger partial charge on any atom is 0.244 e. The van der Waals surface area contributed by atoms with E-state index in [-0.39, 0.29) is 24.7 Å². The van der Waals surface area contributed by atoms with Crippen LogP contribution in [0.4, 0.5) is 0 Å². The van der Waals surface area contributed by atoms with Crippen molar-refractivity contribution in [2.45, 2.75) is 31.0 Å². The van der Waals surface area contributed by atoms with Crippen LogP contribution in [0.3, 0.4) is 0 Å². The highest BCUT2D eigenvalue weighted by atomic mass is 16.5. The first kappa shape index (κ1) is 16.2. The number of amides is 1. The highest BCUT2D eigenvalue weighted by molar-refractivity contribution is 5.91. The molecule has 1 amide bonds. The molecule has 1 aromatic rings. The Morgan fingerprint density at radius 3 is 2.96 bits per heavy atom. The molecule has 3 atom stereocenters. The van der Waals surface area contributed by atoms with Crippen molar-refractivity contribution >= 4 is 12.0 Å². The van der Waals surface area contributed by atoms with Gasteiger partial charge in [0.1, 0.15) is 0 Å². The molecule has 1 aromatic carbocycles. The van der Waals surface area contributed by atoms with Gasteiger partial charge in [0.2, 0.25) is 5.91 Å². The van der Waals surface area contributed by atoms with Gasteiger partial charge in [0.15, 0.2) is 0 Å². The number of morpholine rings is 1. The highest BCUT2D eigenvalue weighted by Gasteiger charge is 2.37. The van der Waals surface area contributed by atoms with E-state index in [0.29, 0.717) is 19.1 Å². The minimum atomic E-state index is -0.0495. The Kier molecular flexibility index (Phi) is 5.43. The summed E-state index contributed by atoms with van der Waals surface area (Å²) in [4.78, 5) is 14.4. The number of nitrogens with one attached hydrogen (secondary N) is 1. The van der Waals surface area contributed by atoms with Gasteiger partial charge in [-0.15, -0.1) is 0 Å². The average Bonchev–Trinajstić information content (AvgIpc) is 2.95. The zero-order valence-electron chi connectivity index (χ0n) is 13.2. The molecule has 124 valence electrons. The Balaban J connectivity index is 1.48. The molecule has 0 unspecified atom stereocenters. The van der Waals surface area contributed by atoms with Crippen LogP contribution in [0.2, 0.25) is 0 Å². The standard InChI is InChI=1S/C18H24N2O3/c21-9-8-17-12-20-11-15(10-16(20)13-23-17)19-18(22)7-6-14-4-2-1-3-5-14/h1-7,15-17,21H,8-13H2,(H,19,22)/t15-,16+,17+/m1/s1. The van der Waals surface area contributed by atoms with E-state index in [1.807, 2.05) is 36.4 Å². The zero-order chi connectivity index (χ0) is 16.1. The SMILES string of the molecule is O=C(C=Cc1ccccc1)N[C@@H]1C[C@H]2CO[C@@H](CCO)CN2C1. The predicted molar refractivity (Wildman–Crippen MR) is 88.8 cm³/mol. The van der Waals surface area contributed by atoms with Crippen LogP contribution in [-0.2, 0) is 9.53 Å². The number of hydrogen-bond donors (Lipinski definition) is 2. The van der Waals surface area contributed by atoms with Crippen LogP contribution in [0.15, 0.2) is 36.4 Å². The number of rotatable bonds is 5. The summed E-state index contributed by atoms with van der Waals surface area (Å²) in [5.41, 5.74) is 1.02. The van der Waals surface area contributed by atoms with Crippen molar-refractivity contribution in [1.82, 2.24) is 10.2 Å². The summed E-state index contributed by atoms with van der Waals surface area (Å²) in [7, 11) is 0. The number of hydrogen-bond acceptors (Lipinski definition) is 4. The Morgan fingerprint density at radius 2 is 2.17 bits per heavy atom. The molecule has 0 aliphatic carbocycles. The van der Waals surface area contributed by atoms with E-state index in [1.165, 1.54) is 0 Å². The Hall–Kier alpha value is -1.69. The summed E-state index contributed by atoms with van der Waals surface area (Å²) < 4.78 is 5.76. The normalized spacial score (nSPS) is 28.0. The van der Waals surface area contributed by atoms with Crippen LogP contribution in [0.25, 0.3) is 6.08 Å². The number of ether oxygens (including phenoxy) is 1. The molecule has 0 spiro atoms. The largest absolute Gasteiger partial charge is 0.396 e. The van der Waals surface area contributed by atoms with Crippen molar-refractivity contribution in [2.24, 2.45) is 0 Å². The van der Waals surface area contributed by atoms with Crippen LogP contribution in [0.1, 0.15) is 18.4 Å². The van der Waals surface area contributed by atoms with Crippen molar-refractivity contribution < 1.29 is 14.6 Å². The summed E-state index contributed by atoms with van der Waals surface area (Å²) in [6.45, 7) is 2.56. The third kappa shape index (κ3) is 4.41. The second-order valence-electron chi connectivity index (χ2n) is 6.26. The van der Waals surface area contributed by atoms with Gasteiger partial charge in [-0.2, -0.15) is 0 Å². The average molecular weight is 316 g/mol. The van der Waals surface area contributed by atoms with Gasteiger partial charge in [-0.25, -0.2) is 0 Å². The minimum absolute atomic E-state index is 0.0495. The zero-order valence-corrected chi connectivity index (χ0v) is 13.2. The van der Waals surface area contributed by atoms with E-state index in [1.54, 1.807) is 6.08 Å². The molecule has 3 rings (SSSR count). The molecule has 23 heavy (non-hydrogen) atoms. The van der Waals surface area contributed by atoms with Crippen LogP contribution in [0.5, 0.6) is 0 Å². The van der Waals surface area contributed by atoms with Crippen LogP contribution in [-0.4, -0.2) is 60.4 Å². The number of aliphatic hydroxyl groups excluding tert-OH is 1. The van der Waals surface area contributed by atoms with Gasteiger partial charge in [-0.3, -0.25) is 9.69 Å². The van der Waals surface area contributed by atoms with E-state index < -0.39 is 0 Å². The third-order valence-electron chi connectivity index (χ3n) is 4.51. The van der Waals surface area contributed by atoms with Crippen molar-refractivity contribution in [3.63, 3.8) is 0 Å². The molecule has 2 aliphatic rings. The van der Waals surface area contributed by atoms with Gasteiger partial charge < -0.3 is 15.2 Å². The molecule has 2 heterocycles. The summed E-state index contributed by atoms with van der Waals surface area (Å²) in [6.07, 6.45) is 5.15. The molecule has 2 aliphatic heterocycles. The van der Waals surface area contributed by atoms with E-state index in [4.69, 9.17) is 9.84 Å². The molecule has 5 heteroatoms. The lowest BCUT2D eigenvalue weighted by Crippen LogP contribution is -2.46. The predicted octanol–water partition coefficient (Wildman–Crippen LogP) is 1.04. The smallest absolute Gasteiger partial charge is 0.244 e. The van der Waals surface area contributed by atoms with Crippen molar-refractivity contribution in [3.05, 3.63) is 42.0 Å². The van der Waals surface area contributed by atoms with Gasteiger partial charge in [0, 0.05) is 37.9 Å². The second-order valence-corrected chi connectivity index (χ2v) is 6.26. The summed E-state index contributed by atoms with van der Waals surface area (Å²) in [5, 5.41) is 12.1. The second kappa shape index (κ2) is 7.73. The number of carbonyl (C=O) groups excluding carboxylic acids is 1. The molecule has 5 nitrogen and oxygen atoms in total. The lowest BCUT2D eigenvalue weighted by Gasteiger charge is -2.34. The summed E-state index contributed by atoms with van der Waals surface area (Å²) >= 11 is 0. The number of fused-ring (bicyclic) bond motifs is 1.